The van der Waals surface area contributed by atoms with Crippen LogP contribution in [0.25, 0.3) is 10.9 Å². The molecule has 2 atom stereocenters. The number of nitrogens with zero attached hydrogens (tertiary/aromatic N) is 2. The lowest BCUT2D eigenvalue weighted by molar-refractivity contribution is -0.0139. The molecule has 1 fully saturated rings. The first kappa shape index (κ1) is 14.5. The molecule has 21 heavy (non-hydrogen) atoms. The Kier molecular flexibility index (Phi) is 3.96. The molecule has 1 N–H and O–H groups in total. The normalized spacial score (nSPS) is 20.5. The molecule has 0 saturated carbocycles. The highest BCUT2D eigenvalue weighted by atomic mass is 16.3. The molecule has 2 unspecified atom stereocenters. The van der Waals surface area contributed by atoms with E-state index in [4.69, 9.17) is 0 Å². The van der Waals surface area contributed by atoms with Gasteiger partial charge in [-0.3, -0.25) is 9.88 Å². The summed E-state index contributed by atoms with van der Waals surface area (Å²) >= 11 is 0. The SMILES string of the molecule is CCC(C)(C(O)c1ccc2ncccc2c1)N1CCCC1. The van der Waals surface area contributed by atoms with Crippen LogP contribution in [0.5, 0.6) is 0 Å². The van der Waals surface area contributed by atoms with Crippen LogP contribution in [0.1, 0.15) is 44.8 Å². The highest BCUT2D eigenvalue weighted by Gasteiger charge is 2.39. The molecule has 0 radical (unpaired) electrons. The lowest BCUT2D eigenvalue weighted by Gasteiger charge is -2.42. The number of aliphatic hydroxyl groups is 1. The Morgan fingerprint density at radius 1 is 1.29 bits per heavy atom. The van der Waals surface area contributed by atoms with Crippen molar-refractivity contribution in [1.29, 1.82) is 0 Å². The molecule has 1 aromatic heterocycles. The van der Waals surface area contributed by atoms with Crippen molar-refractivity contribution in [2.75, 3.05) is 13.1 Å². The standard InChI is InChI=1S/C18H24N2O/c1-3-18(2,20-11-4-5-12-20)17(21)15-8-9-16-14(13-15)7-6-10-19-16/h6-10,13,17,21H,3-5,11-12H2,1-2H3. The fraction of sp³-hybridized carbons (Fsp3) is 0.500. The van der Waals surface area contributed by atoms with Crippen LogP contribution in [-0.4, -0.2) is 33.6 Å². The minimum absolute atomic E-state index is 0.188. The van der Waals surface area contributed by atoms with Gasteiger partial charge in [0.25, 0.3) is 0 Å². The van der Waals surface area contributed by atoms with Gasteiger partial charge in [0.2, 0.25) is 0 Å². The summed E-state index contributed by atoms with van der Waals surface area (Å²) in [5, 5.41) is 12.1. The maximum atomic E-state index is 11.0. The van der Waals surface area contributed by atoms with Crippen molar-refractivity contribution in [2.45, 2.75) is 44.8 Å². The Morgan fingerprint density at radius 3 is 2.76 bits per heavy atom. The second-order valence-corrected chi connectivity index (χ2v) is 6.26. The fourth-order valence-electron chi connectivity index (χ4n) is 3.44. The van der Waals surface area contributed by atoms with Crippen molar-refractivity contribution in [3.63, 3.8) is 0 Å². The van der Waals surface area contributed by atoms with Gasteiger partial charge in [-0.05, 0) is 63.0 Å². The number of likely N-dealkylation sites (tertiary alicyclic amines) is 1. The summed E-state index contributed by atoms with van der Waals surface area (Å²) < 4.78 is 0. The van der Waals surface area contributed by atoms with Crippen LogP contribution in [-0.2, 0) is 0 Å². The van der Waals surface area contributed by atoms with E-state index in [0.717, 1.165) is 36.0 Å². The minimum Gasteiger partial charge on any atom is -0.386 e. The van der Waals surface area contributed by atoms with Gasteiger partial charge >= 0.3 is 0 Å². The molecular formula is C18H24N2O. The van der Waals surface area contributed by atoms with Crippen molar-refractivity contribution < 1.29 is 5.11 Å². The van der Waals surface area contributed by atoms with E-state index < -0.39 is 6.10 Å². The third kappa shape index (κ3) is 2.56. The van der Waals surface area contributed by atoms with E-state index in [2.05, 4.69) is 35.9 Å². The second kappa shape index (κ2) is 5.74. The van der Waals surface area contributed by atoms with E-state index in [-0.39, 0.29) is 5.54 Å². The molecule has 1 aliphatic heterocycles. The number of fused-ring (bicyclic) bond motifs is 1. The molecule has 0 bridgehead atoms. The topological polar surface area (TPSA) is 36.4 Å². The fourth-order valence-corrected chi connectivity index (χ4v) is 3.44. The average Bonchev–Trinajstić information content (AvgIpc) is 3.08. The van der Waals surface area contributed by atoms with E-state index >= 15 is 0 Å². The van der Waals surface area contributed by atoms with Gasteiger partial charge in [-0.15, -0.1) is 0 Å². The van der Waals surface area contributed by atoms with Crippen LogP contribution in [0.2, 0.25) is 0 Å². The highest BCUT2D eigenvalue weighted by molar-refractivity contribution is 5.79. The molecular weight excluding hydrogens is 260 g/mol. The second-order valence-electron chi connectivity index (χ2n) is 6.26. The molecule has 112 valence electrons. The number of hydrogen-bond acceptors (Lipinski definition) is 3. The summed E-state index contributed by atoms with van der Waals surface area (Å²) in [5.74, 6) is 0. The summed E-state index contributed by atoms with van der Waals surface area (Å²) in [6.45, 7) is 6.55. The van der Waals surface area contributed by atoms with Crippen molar-refractivity contribution in [3.05, 3.63) is 42.1 Å². The van der Waals surface area contributed by atoms with Gasteiger partial charge in [-0.25, -0.2) is 0 Å². The predicted octanol–water partition coefficient (Wildman–Crippen LogP) is 3.53. The maximum Gasteiger partial charge on any atom is 0.0971 e. The first-order valence-electron chi connectivity index (χ1n) is 7.93. The summed E-state index contributed by atoms with van der Waals surface area (Å²) in [6.07, 6.45) is 4.76. The number of rotatable bonds is 4. The van der Waals surface area contributed by atoms with Crippen LogP contribution in [0.4, 0.5) is 0 Å². The number of aromatic nitrogens is 1. The predicted molar refractivity (Wildman–Crippen MR) is 86.2 cm³/mol. The number of hydrogen-bond donors (Lipinski definition) is 1. The molecule has 3 nitrogen and oxygen atoms in total. The lowest BCUT2D eigenvalue weighted by atomic mass is 9.85. The summed E-state index contributed by atoms with van der Waals surface area (Å²) in [6, 6.07) is 10.1. The minimum atomic E-state index is -0.467. The Balaban J connectivity index is 1.95. The average molecular weight is 284 g/mol. The maximum absolute atomic E-state index is 11.0. The Morgan fingerprint density at radius 2 is 2.05 bits per heavy atom. The quantitative estimate of drug-likeness (QED) is 0.933. The molecule has 0 amide bonds. The molecule has 3 rings (SSSR count). The van der Waals surface area contributed by atoms with E-state index in [1.807, 2.05) is 18.2 Å². The number of benzene rings is 1. The van der Waals surface area contributed by atoms with Crippen LogP contribution < -0.4 is 0 Å². The number of pyridine rings is 1. The number of aliphatic hydroxyl groups excluding tert-OH is 1. The van der Waals surface area contributed by atoms with E-state index in [0.29, 0.717) is 0 Å². The van der Waals surface area contributed by atoms with E-state index in [9.17, 15) is 5.11 Å². The van der Waals surface area contributed by atoms with Crippen molar-refractivity contribution in [2.24, 2.45) is 0 Å². The molecule has 0 spiro atoms. The van der Waals surface area contributed by atoms with Gasteiger partial charge in [0.1, 0.15) is 0 Å². The first-order valence-corrected chi connectivity index (χ1v) is 7.93. The van der Waals surface area contributed by atoms with E-state index in [1.165, 1.54) is 12.8 Å². The molecule has 2 heterocycles. The van der Waals surface area contributed by atoms with Crippen molar-refractivity contribution in [1.82, 2.24) is 9.88 Å². The zero-order valence-electron chi connectivity index (χ0n) is 12.9. The van der Waals surface area contributed by atoms with E-state index in [1.54, 1.807) is 6.20 Å². The third-order valence-corrected chi connectivity index (χ3v) is 5.08. The van der Waals surface area contributed by atoms with Gasteiger partial charge in [0, 0.05) is 17.1 Å². The van der Waals surface area contributed by atoms with Crippen LogP contribution in [0.15, 0.2) is 36.5 Å². The van der Waals surface area contributed by atoms with Crippen LogP contribution >= 0.6 is 0 Å². The summed E-state index contributed by atoms with van der Waals surface area (Å²) in [5.41, 5.74) is 1.78. The largest absolute Gasteiger partial charge is 0.386 e. The Hall–Kier alpha value is -1.45. The monoisotopic (exact) mass is 284 g/mol. The van der Waals surface area contributed by atoms with Gasteiger partial charge in [0.05, 0.1) is 11.6 Å². The molecule has 1 aromatic carbocycles. The van der Waals surface area contributed by atoms with Gasteiger partial charge in [-0.2, -0.15) is 0 Å². The zero-order chi connectivity index (χ0) is 14.9. The first-order chi connectivity index (χ1) is 10.1. The molecule has 2 aromatic rings. The zero-order valence-corrected chi connectivity index (χ0v) is 12.9. The molecule has 1 saturated heterocycles. The smallest absolute Gasteiger partial charge is 0.0971 e. The van der Waals surface area contributed by atoms with Crippen molar-refractivity contribution >= 4 is 10.9 Å². The lowest BCUT2D eigenvalue weighted by Crippen LogP contribution is -2.48. The molecule has 0 aliphatic carbocycles. The highest BCUT2D eigenvalue weighted by Crippen LogP contribution is 2.37. The summed E-state index contributed by atoms with van der Waals surface area (Å²) in [4.78, 5) is 6.80. The summed E-state index contributed by atoms with van der Waals surface area (Å²) in [7, 11) is 0. The molecule has 1 aliphatic rings. The van der Waals surface area contributed by atoms with Crippen LogP contribution in [0, 0.1) is 0 Å². The molecule has 3 heteroatoms. The van der Waals surface area contributed by atoms with Crippen LogP contribution in [0.3, 0.4) is 0 Å². The van der Waals surface area contributed by atoms with Gasteiger partial charge in [-0.1, -0.05) is 19.1 Å². The third-order valence-electron chi connectivity index (χ3n) is 5.08. The van der Waals surface area contributed by atoms with Crippen molar-refractivity contribution in [3.8, 4) is 0 Å². The Bertz CT molecular complexity index is 621. The Labute approximate surface area is 126 Å². The van der Waals surface area contributed by atoms with Gasteiger partial charge < -0.3 is 5.11 Å². The van der Waals surface area contributed by atoms with Gasteiger partial charge in [0.15, 0.2) is 0 Å².